The van der Waals surface area contributed by atoms with Crippen molar-refractivity contribution in [2.75, 3.05) is 0 Å². The Hall–Kier alpha value is -0.750. The van der Waals surface area contributed by atoms with Crippen LogP contribution in [-0.4, -0.2) is 10.4 Å². The minimum absolute atomic E-state index is 0.000556. The Morgan fingerprint density at radius 3 is 3.08 bits per heavy atom. The number of carbonyl (C=O) groups is 1. The highest BCUT2D eigenvalue weighted by atomic mass is 32.2. The van der Waals surface area contributed by atoms with Gasteiger partial charge in [0.25, 0.3) is 0 Å². The Balaban J connectivity index is 2.36. The predicted octanol–water partition coefficient (Wildman–Crippen LogP) is 2.02. The maximum atomic E-state index is 11.3. The fourth-order valence-corrected chi connectivity index (χ4v) is 3.05. The Morgan fingerprint density at radius 2 is 2.33 bits per heavy atom. The number of nitriles is 1. The first-order chi connectivity index (χ1) is 5.83. The standard InChI is InChI=1S/C9H9NOS/c10-5-7-6-3-1-2-4-8(6)12-9(7)11/h8H,1-4H2/t8-/m0/s1. The van der Waals surface area contributed by atoms with Crippen molar-refractivity contribution in [2.24, 2.45) is 0 Å². The van der Waals surface area contributed by atoms with Crippen LogP contribution >= 0.6 is 11.8 Å². The third kappa shape index (κ3) is 1.07. The van der Waals surface area contributed by atoms with Gasteiger partial charge in [-0.05, 0) is 24.8 Å². The number of nitrogens with zero attached hydrogens (tertiary/aromatic N) is 1. The second-order valence-electron chi connectivity index (χ2n) is 3.15. The first-order valence-electron chi connectivity index (χ1n) is 4.17. The Kier molecular flexibility index (Phi) is 1.93. The molecule has 0 saturated heterocycles. The SMILES string of the molecule is N#CC1=C2CCCC[C@@H]2SC1=O. The molecular weight excluding hydrogens is 170 g/mol. The Bertz CT molecular complexity index is 300. The summed E-state index contributed by atoms with van der Waals surface area (Å²) in [6.07, 6.45) is 4.39. The lowest BCUT2D eigenvalue weighted by atomic mass is 9.91. The molecule has 0 aromatic rings. The average Bonchev–Trinajstić information content (AvgIpc) is 2.40. The normalized spacial score (nSPS) is 28.6. The van der Waals surface area contributed by atoms with Gasteiger partial charge in [-0.2, -0.15) is 5.26 Å². The van der Waals surface area contributed by atoms with Crippen LogP contribution in [0.4, 0.5) is 0 Å². The van der Waals surface area contributed by atoms with Gasteiger partial charge in [-0.15, -0.1) is 0 Å². The molecule has 0 bridgehead atoms. The third-order valence-electron chi connectivity index (χ3n) is 2.44. The summed E-state index contributed by atoms with van der Waals surface area (Å²) in [4.78, 5) is 11.3. The van der Waals surface area contributed by atoms with Crippen molar-refractivity contribution >= 4 is 16.9 Å². The zero-order valence-corrected chi connectivity index (χ0v) is 7.49. The van der Waals surface area contributed by atoms with E-state index in [1.807, 2.05) is 6.07 Å². The molecule has 0 N–H and O–H groups in total. The molecule has 0 unspecified atom stereocenters. The summed E-state index contributed by atoms with van der Waals surface area (Å²) < 4.78 is 0. The molecule has 0 spiro atoms. The van der Waals surface area contributed by atoms with Crippen LogP contribution < -0.4 is 0 Å². The van der Waals surface area contributed by atoms with E-state index in [1.165, 1.54) is 18.2 Å². The van der Waals surface area contributed by atoms with Gasteiger partial charge in [-0.3, -0.25) is 4.79 Å². The van der Waals surface area contributed by atoms with Crippen molar-refractivity contribution in [3.63, 3.8) is 0 Å². The van der Waals surface area contributed by atoms with Gasteiger partial charge >= 0.3 is 0 Å². The highest BCUT2D eigenvalue weighted by molar-refractivity contribution is 8.15. The number of hydrogen-bond acceptors (Lipinski definition) is 3. The minimum atomic E-state index is -0.000556. The van der Waals surface area contributed by atoms with Gasteiger partial charge in [0.05, 0.1) is 0 Å². The van der Waals surface area contributed by atoms with Crippen molar-refractivity contribution < 1.29 is 4.79 Å². The van der Waals surface area contributed by atoms with Crippen LogP contribution in [0.5, 0.6) is 0 Å². The number of hydrogen-bond donors (Lipinski definition) is 0. The lowest BCUT2D eigenvalue weighted by molar-refractivity contribution is -0.107. The fraction of sp³-hybridized carbons (Fsp3) is 0.556. The Labute approximate surface area is 75.6 Å². The Morgan fingerprint density at radius 1 is 1.50 bits per heavy atom. The van der Waals surface area contributed by atoms with Gasteiger partial charge in [0.15, 0.2) is 0 Å². The molecule has 0 aromatic carbocycles. The van der Waals surface area contributed by atoms with Gasteiger partial charge in [0, 0.05) is 5.25 Å². The van der Waals surface area contributed by atoms with Gasteiger partial charge < -0.3 is 0 Å². The quantitative estimate of drug-likeness (QED) is 0.571. The van der Waals surface area contributed by atoms with Gasteiger partial charge in [0.1, 0.15) is 11.6 Å². The van der Waals surface area contributed by atoms with E-state index >= 15 is 0 Å². The molecule has 2 aliphatic rings. The molecule has 1 heterocycles. The fourth-order valence-electron chi connectivity index (χ4n) is 1.83. The monoisotopic (exact) mass is 179 g/mol. The van der Waals surface area contributed by atoms with Crippen LogP contribution in [0.1, 0.15) is 25.7 Å². The van der Waals surface area contributed by atoms with E-state index in [-0.39, 0.29) is 5.12 Å². The maximum absolute atomic E-state index is 11.3. The van der Waals surface area contributed by atoms with E-state index in [4.69, 9.17) is 5.26 Å². The van der Waals surface area contributed by atoms with Crippen molar-refractivity contribution in [3.05, 3.63) is 11.1 Å². The van der Waals surface area contributed by atoms with Crippen LogP contribution in [0.2, 0.25) is 0 Å². The average molecular weight is 179 g/mol. The molecule has 1 atom stereocenters. The van der Waals surface area contributed by atoms with Crippen LogP contribution in [-0.2, 0) is 4.79 Å². The topological polar surface area (TPSA) is 40.9 Å². The number of rotatable bonds is 0. The second kappa shape index (κ2) is 2.95. The van der Waals surface area contributed by atoms with Crippen molar-refractivity contribution in [2.45, 2.75) is 30.9 Å². The molecule has 62 valence electrons. The van der Waals surface area contributed by atoms with Gasteiger partial charge in [0.2, 0.25) is 5.12 Å². The molecule has 1 fully saturated rings. The molecule has 1 saturated carbocycles. The smallest absolute Gasteiger partial charge is 0.230 e. The molecule has 2 nitrogen and oxygen atoms in total. The number of thioether (sulfide) groups is 1. The lowest BCUT2D eigenvalue weighted by Crippen LogP contribution is -2.08. The summed E-state index contributed by atoms with van der Waals surface area (Å²) in [7, 11) is 0. The van der Waals surface area contributed by atoms with E-state index in [2.05, 4.69) is 0 Å². The molecule has 0 radical (unpaired) electrons. The first-order valence-corrected chi connectivity index (χ1v) is 5.05. The largest absolute Gasteiger partial charge is 0.281 e. The summed E-state index contributed by atoms with van der Waals surface area (Å²) in [5, 5.41) is 9.08. The molecule has 12 heavy (non-hydrogen) atoms. The predicted molar refractivity (Wildman–Crippen MR) is 47.5 cm³/mol. The number of fused-ring (bicyclic) bond motifs is 1. The zero-order valence-electron chi connectivity index (χ0n) is 6.67. The molecule has 3 heteroatoms. The van der Waals surface area contributed by atoms with Crippen LogP contribution in [0, 0.1) is 11.3 Å². The summed E-state index contributed by atoms with van der Waals surface area (Å²) in [6, 6.07) is 2.02. The molecule has 2 rings (SSSR count). The summed E-state index contributed by atoms with van der Waals surface area (Å²) >= 11 is 1.35. The third-order valence-corrected chi connectivity index (χ3v) is 3.66. The van der Waals surface area contributed by atoms with Crippen molar-refractivity contribution in [3.8, 4) is 6.07 Å². The summed E-state index contributed by atoms with van der Waals surface area (Å²) in [5.41, 5.74) is 1.57. The van der Waals surface area contributed by atoms with Gasteiger partial charge in [-0.25, -0.2) is 0 Å². The van der Waals surface area contributed by atoms with Crippen LogP contribution in [0.3, 0.4) is 0 Å². The van der Waals surface area contributed by atoms with Crippen LogP contribution in [0.25, 0.3) is 0 Å². The highest BCUT2D eigenvalue weighted by Crippen LogP contribution is 2.42. The van der Waals surface area contributed by atoms with Crippen molar-refractivity contribution in [1.82, 2.24) is 0 Å². The van der Waals surface area contributed by atoms with E-state index in [0.717, 1.165) is 24.8 Å². The van der Waals surface area contributed by atoms with E-state index in [1.54, 1.807) is 0 Å². The minimum Gasteiger partial charge on any atom is -0.281 e. The summed E-state index contributed by atoms with van der Waals surface area (Å²) in [6.45, 7) is 0. The first kappa shape index (κ1) is 7.88. The van der Waals surface area contributed by atoms with Gasteiger partial charge in [-0.1, -0.05) is 18.2 Å². The zero-order chi connectivity index (χ0) is 8.55. The summed E-state index contributed by atoms with van der Waals surface area (Å²) in [5.74, 6) is 0. The second-order valence-corrected chi connectivity index (χ2v) is 4.33. The van der Waals surface area contributed by atoms with Crippen molar-refractivity contribution in [1.29, 1.82) is 5.26 Å². The highest BCUT2D eigenvalue weighted by Gasteiger charge is 2.34. The van der Waals surface area contributed by atoms with E-state index < -0.39 is 0 Å². The molecular formula is C9H9NOS. The maximum Gasteiger partial charge on any atom is 0.230 e. The molecule has 1 aliphatic heterocycles. The van der Waals surface area contributed by atoms with E-state index in [9.17, 15) is 4.79 Å². The molecule has 0 amide bonds. The van der Waals surface area contributed by atoms with E-state index in [0.29, 0.717) is 10.8 Å². The molecule has 1 aliphatic carbocycles. The lowest BCUT2D eigenvalue weighted by Gasteiger charge is -2.18. The number of carbonyl (C=O) groups excluding carboxylic acids is 1. The molecule has 0 aromatic heterocycles. The van der Waals surface area contributed by atoms with Crippen LogP contribution in [0.15, 0.2) is 11.1 Å².